The molecule has 0 bridgehead atoms. The zero-order valence-corrected chi connectivity index (χ0v) is 12.5. The number of rotatable bonds is 5. The van der Waals surface area contributed by atoms with Crippen LogP contribution in [0.3, 0.4) is 0 Å². The van der Waals surface area contributed by atoms with E-state index in [1.54, 1.807) is 0 Å². The van der Waals surface area contributed by atoms with Gasteiger partial charge in [0.1, 0.15) is 5.82 Å². The highest BCUT2D eigenvalue weighted by Crippen LogP contribution is 2.19. The Balaban J connectivity index is 2.08. The predicted octanol–water partition coefficient (Wildman–Crippen LogP) is 2.21. The summed E-state index contributed by atoms with van der Waals surface area (Å²) < 4.78 is 0. The Morgan fingerprint density at radius 1 is 1.41 bits per heavy atom. The molecule has 2 aromatic rings. The molecule has 0 aliphatic rings. The number of thioether (sulfide) groups is 1. The van der Waals surface area contributed by atoms with Crippen molar-refractivity contribution in [1.29, 1.82) is 0 Å². The third-order valence-corrected chi connectivity index (χ3v) is 3.53. The molecule has 0 saturated carbocycles. The van der Waals surface area contributed by atoms with Crippen molar-refractivity contribution in [3.8, 4) is 0 Å². The first kappa shape index (κ1) is 15.7. The first-order valence-electron chi connectivity index (χ1n) is 6.24. The summed E-state index contributed by atoms with van der Waals surface area (Å²) in [4.78, 5) is 40.0. The Morgan fingerprint density at radius 3 is 2.82 bits per heavy atom. The number of nitrogens with zero attached hydrogens (tertiary/aromatic N) is 3. The number of benzene rings is 1. The highest BCUT2D eigenvalue weighted by atomic mass is 32.2. The Morgan fingerprint density at radius 2 is 2.14 bits per heavy atom. The number of urea groups is 1. The molecule has 114 valence electrons. The van der Waals surface area contributed by atoms with E-state index in [1.165, 1.54) is 18.8 Å². The number of nitroso groups, excluding NO2 is 1. The summed E-state index contributed by atoms with van der Waals surface area (Å²) in [6, 6.07) is 10.0. The minimum Gasteiger partial charge on any atom is -0.301 e. The average molecular weight is 319 g/mol. The van der Waals surface area contributed by atoms with Crippen molar-refractivity contribution in [2.24, 2.45) is 5.29 Å². The largest absolute Gasteiger partial charge is 0.345 e. The van der Waals surface area contributed by atoms with Gasteiger partial charge in [-0.2, -0.15) is 5.01 Å². The van der Waals surface area contributed by atoms with Gasteiger partial charge in [0.2, 0.25) is 0 Å². The second kappa shape index (κ2) is 7.36. The lowest BCUT2D eigenvalue weighted by Crippen LogP contribution is -2.27. The molecule has 0 saturated heterocycles. The first-order chi connectivity index (χ1) is 10.6. The van der Waals surface area contributed by atoms with E-state index in [0.29, 0.717) is 15.9 Å². The number of H-pyrrole nitrogens is 1. The molecule has 2 amide bonds. The van der Waals surface area contributed by atoms with Gasteiger partial charge in [-0.1, -0.05) is 42.1 Å². The average Bonchev–Trinajstić information content (AvgIpc) is 2.52. The molecule has 0 fully saturated rings. The van der Waals surface area contributed by atoms with E-state index in [4.69, 9.17) is 0 Å². The van der Waals surface area contributed by atoms with Crippen LogP contribution in [0.25, 0.3) is 0 Å². The molecular formula is C13H13N5O3S. The van der Waals surface area contributed by atoms with Gasteiger partial charge in [-0.05, 0) is 5.56 Å². The number of amides is 2. The lowest BCUT2D eigenvalue weighted by molar-refractivity contribution is 0.223. The predicted molar refractivity (Wildman–Crippen MR) is 83.4 cm³/mol. The van der Waals surface area contributed by atoms with Crippen molar-refractivity contribution >= 4 is 23.6 Å². The van der Waals surface area contributed by atoms with E-state index < -0.39 is 11.6 Å². The number of carbonyl (C=O) groups is 1. The van der Waals surface area contributed by atoms with Crippen LogP contribution in [0, 0.1) is 4.91 Å². The number of aromatic nitrogens is 2. The Kier molecular flexibility index (Phi) is 5.26. The van der Waals surface area contributed by atoms with Crippen molar-refractivity contribution in [2.75, 3.05) is 12.4 Å². The minimum absolute atomic E-state index is 0.0554. The van der Waals surface area contributed by atoms with Gasteiger partial charge in [0.25, 0.3) is 5.56 Å². The molecule has 0 unspecified atom stereocenters. The van der Waals surface area contributed by atoms with E-state index in [1.807, 2.05) is 30.3 Å². The monoisotopic (exact) mass is 319 g/mol. The van der Waals surface area contributed by atoms with Crippen molar-refractivity contribution in [3.05, 3.63) is 57.2 Å². The number of hydrogen-bond acceptors (Lipinski definition) is 6. The number of aromatic amines is 1. The second-order valence-electron chi connectivity index (χ2n) is 4.25. The van der Waals surface area contributed by atoms with Gasteiger partial charge in [0, 0.05) is 18.9 Å². The topological polar surface area (TPSA) is 108 Å². The number of carbonyl (C=O) groups excluding carboxylic acids is 1. The molecule has 0 aliphatic heterocycles. The van der Waals surface area contributed by atoms with Crippen molar-refractivity contribution < 1.29 is 4.79 Å². The fourth-order valence-corrected chi connectivity index (χ4v) is 2.35. The van der Waals surface area contributed by atoms with Crippen LogP contribution >= 0.6 is 11.8 Å². The van der Waals surface area contributed by atoms with Crippen LogP contribution < -0.4 is 10.9 Å². The Labute approximate surface area is 129 Å². The van der Waals surface area contributed by atoms with Gasteiger partial charge in [0.15, 0.2) is 5.16 Å². The smallest absolute Gasteiger partial charge is 0.301 e. The molecule has 22 heavy (non-hydrogen) atoms. The third-order valence-electron chi connectivity index (χ3n) is 2.59. The standard InChI is InChI=1S/C13H13N5O3S/c1-18(17-21)13(20)15-10-7-11(19)16-12(14-10)22-8-9-5-3-2-4-6-9/h2-7H,8H2,1H3,(H2,14,15,16,19,20). The maximum absolute atomic E-state index is 11.6. The first-order valence-corrected chi connectivity index (χ1v) is 7.23. The molecule has 2 N–H and O–H groups in total. The molecule has 9 heteroatoms. The van der Waals surface area contributed by atoms with E-state index in [0.717, 1.165) is 11.6 Å². The molecule has 0 atom stereocenters. The lowest BCUT2D eigenvalue weighted by atomic mass is 10.2. The molecule has 2 rings (SSSR count). The fourth-order valence-electron chi connectivity index (χ4n) is 1.52. The summed E-state index contributed by atoms with van der Waals surface area (Å²) in [6.07, 6.45) is 0. The molecule has 0 radical (unpaired) electrons. The summed E-state index contributed by atoms with van der Waals surface area (Å²) >= 11 is 1.33. The summed E-state index contributed by atoms with van der Waals surface area (Å²) in [5, 5.41) is 5.72. The number of anilines is 1. The van der Waals surface area contributed by atoms with Crippen molar-refractivity contribution in [1.82, 2.24) is 15.0 Å². The number of nitrogens with one attached hydrogen (secondary N) is 2. The Hall–Kier alpha value is -2.68. The van der Waals surface area contributed by atoms with Gasteiger partial charge in [-0.15, -0.1) is 4.91 Å². The zero-order chi connectivity index (χ0) is 15.9. The normalized spacial score (nSPS) is 10.0. The lowest BCUT2D eigenvalue weighted by Gasteiger charge is -2.09. The van der Waals surface area contributed by atoms with E-state index in [9.17, 15) is 14.5 Å². The molecule has 1 heterocycles. The van der Waals surface area contributed by atoms with Crippen molar-refractivity contribution in [3.63, 3.8) is 0 Å². The highest BCUT2D eigenvalue weighted by molar-refractivity contribution is 7.98. The van der Waals surface area contributed by atoms with Gasteiger partial charge in [-0.3, -0.25) is 10.1 Å². The van der Waals surface area contributed by atoms with E-state index >= 15 is 0 Å². The van der Waals surface area contributed by atoms with Crippen LogP contribution in [-0.2, 0) is 5.75 Å². The quantitative estimate of drug-likeness (QED) is 0.380. The Bertz CT molecular complexity index is 719. The summed E-state index contributed by atoms with van der Waals surface area (Å²) in [5.74, 6) is 0.677. The molecular weight excluding hydrogens is 306 g/mol. The molecule has 0 aliphatic carbocycles. The second-order valence-corrected chi connectivity index (χ2v) is 5.21. The minimum atomic E-state index is -0.771. The van der Waals surface area contributed by atoms with Crippen LogP contribution in [0.4, 0.5) is 10.6 Å². The maximum Gasteiger partial charge on any atom is 0.345 e. The van der Waals surface area contributed by atoms with Crippen molar-refractivity contribution in [2.45, 2.75) is 10.9 Å². The summed E-state index contributed by atoms with van der Waals surface area (Å²) in [5.41, 5.74) is 0.678. The van der Waals surface area contributed by atoms with Crippen LogP contribution in [0.15, 0.2) is 51.6 Å². The zero-order valence-electron chi connectivity index (χ0n) is 11.6. The van der Waals surface area contributed by atoms with Gasteiger partial charge in [0.05, 0.1) is 5.29 Å². The number of hydrogen-bond donors (Lipinski definition) is 2. The summed E-state index contributed by atoms with van der Waals surface area (Å²) in [6.45, 7) is 0. The molecule has 1 aromatic heterocycles. The molecule has 1 aromatic carbocycles. The highest BCUT2D eigenvalue weighted by Gasteiger charge is 2.11. The van der Waals surface area contributed by atoms with Crippen LogP contribution in [0.5, 0.6) is 0 Å². The van der Waals surface area contributed by atoms with Gasteiger partial charge in [-0.25, -0.2) is 9.78 Å². The van der Waals surface area contributed by atoms with Crippen LogP contribution in [0.2, 0.25) is 0 Å². The van der Waals surface area contributed by atoms with Gasteiger partial charge < -0.3 is 4.98 Å². The van der Waals surface area contributed by atoms with Crippen LogP contribution in [0.1, 0.15) is 5.56 Å². The van der Waals surface area contributed by atoms with E-state index in [2.05, 4.69) is 20.6 Å². The third kappa shape index (κ3) is 4.42. The van der Waals surface area contributed by atoms with Crippen LogP contribution in [-0.4, -0.2) is 28.1 Å². The maximum atomic E-state index is 11.6. The molecule has 0 spiro atoms. The SMILES string of the molecule is CN(N=O)C(=O)Nc1cc(=O)[nH]c(SCc2ccccc2)n1. The fraction of sp³-hybridized carbons (Fsp3) is 0.154. The summed E-state index contributed by atoms with van der Waals surface area (Å²) in [7, 11) is 1.20. The van der Waals surface area contributed by atoms with Gasteiger partial charge >= 0.3 is 6.03 Å². The van der Waals surface area contributed by atoms with E-state index in [-0.39, 0.29) is 5.82 Å². The molecule has 8 nitrogen and oxygen atoms in total.